The lowest BCUT2D eigenvalue weighted by atomic mass is 10.2. The van der Waals surface area contributed by atoms with Crippen molar-refractivity contribution >= 4 is 47.3 Å². The molecule has 0 bridgehead atoms. The van der Waals surface area contributed by atoms with E-state index in [1.54, 1.807) is 0 Å². The van der Waals surface area contributed by atoms with Crippen LogP contribution in [0.1, 0.15) is 44.7 Å². The van der Waals surface area contributed by atoms with Gasteiger partial charge in [0.15, 0.2) is 5.96 Å². The Kier molecular flexibility index (Phi) is 10.7. The normalized spacial score (nSPS) is 13.7. The van der Waals surface area contributed by atoms with Crippen molar-refractivity contribution in [2.75, 3.05) is 36.0 Å². The van der Waals surface area contributed by atoms with Crippen LogP contribution >= 0.6 is 24.0 Å². The molecule has 0 spiro atoms. The van der Waals surface area contributed by atoms with Gasteiger partial charge in [-0.25, -0.2) is 9.98 Å². The highest BCUT2D eigenvalue weighted by molar-refractivity contribution is 14.0. The van der Waals surface area contributed by atoms with E-state index in [-0.39, 0.29) is 29.9 Å². The number of guanidine groups is 1. The van der Waals surface area contributed by atoms with Gasteiger partial charge in [-0.3, -0.25) is 4.79 Å². The Labute approximate surface area is 208 Å². The van der Waals surface area contributed by atoms with Crippen molar-refractivity contribution < 1.29 is 4.79 Å². The van der Waals surface area contributed by atoms with E-state index >= 15 is 0 Å². The molecule has 1 saturated heterocycles. The summed E-state index contributed by atoms with van der Waals surface area (Å²) in [4.78, 5) is 25.3. The number of aliphatic imine (C=N–C) groups is 1. The number of rotatable bonds is 9. The summed E-state index contributed by atoms with van der Waals surface area (Å²) in [5.41, 5.74) is 3.20. The van der Waals surface area contributed by atoms with Crippen molar-refractivity contribution in [3.8, 4) is 0 Å². The maximum atomic E-state index is 11.9. The van der Waals surface area contributed by atoms with E-state index in [1.807, 2.05) is 23.2 Å². The van der Waals surface area contributed by atoms with Crippen LogP contribution < -0.4 is 20.4 Å². The van der Waals surface area contributed by atoms with Crippen molar-refractivity contribution in [2.45, 2.75) is 46.7 Å². The van der Waals surface area contributed by atoms with Crippen LogP contribution in [0.5, 0.6) is 0 Å². The largest absolute Gasteiger partial charge is 0.357 e. The molecule has 8 heteroatoms. The molecule has 2 aromatic rings. The van der Waals surface area contributed by atoms with Gasteiger partial charge in [0.05, 0.1) is 6.54 Å². The van der Waals surface area contributed by atoms with Gasteiger partial charge in [-0.2, -0.15) is 0 Å². The minimum atomic E-state index is 0. The number of carbonyl (C=O) groups is 1. The minimum absolute atomic E-state index is 0. The molecule has 1 aromatic heterocycles. The molecule has 1 fully saturated rings. The Bertz CT molecular complexity index is 865. The highest BCUT2D eigenvalue weighted by Crippen LogP contribution is 2.21. The van der Waals surface area contributed by atoms with E-state index in [0.29, 0.717) is 19.5 Å². The van der Waals surface area contributed by atoms with Crippen molar-refractivity contribution in [2.24, 2.45) is 4.99 Å². The van der Waals surface area contributed by atoms with Gasteiger partial charge in [0, 0.05) is 51.0 Å². The maximum absolute atomic E-state index is 11.9. The number of hydrogen-bond donors (Lipinski definition) is 2. The van der Waals surface area contributed by atoms with Gasteiger partial charge in [-0.05, 0) is 56.5 Å². The predicted molar refractivity (Wildman–Crippen MR) is 143 cm³/mol. The van der Waals surface area contributed by atoms with Gasteiger partial charge in [-0.1, -0.05) is 18.2 Å². The first-order chi connectivity index (χ1) is 15.1. The lowest BCUT2D eigenvalue weighted by Crippen LogP contribution is -2.36. The highest BCUT2D eigenvalue weighted by atomic mass is 127. The van der Waals surface area contributed by atoms with Crippen molar-refractivity contribution in [1.82, 2.24) is 15.6 Å². The Morgan fingerprint density at radius 3 is 2.34 bits per heavy atom. The Morgan fingerprint density at radius 2 is 1.78 bits per heavy atom. The van der Waals surface area contributed by atoms with E-state index in [0.717, 1.165) is 61.2 Å². The van der Waals surface area contributed by atoms with E-state index in [9.17, 15) is 4.79 Å². The van der Waals surface area contributed by atoms with Crippen LogP contribution in [0.3, 0.4) is 0 Å². The molecule has 1 aliphatic rings. The van der Waals surface area contributed by atoms with Crippen LogP contribution in [-0.4, -0.2) is 43.0 Å². The summed E-state index contributed by atoms with van der Waals surface area (Å²) in [5.74, 6) is 1.99. The molecule has 174 valence electrons. The van der Waals surface area contributed by atoms with Crippen molar-refractivity contribution in [3.63, 3.8) is 0 Å². The SMILES string of the molecule is CCNC(=NCc1ccc(N(CC)CC)nc1)NCc1ccc(N2CCCC2=O)cc1.I. The molecule has 0 aliphatic carbocycles. The van der Waals surface area contributed by atoms with Crippen LogP contribution in [0.4, 0.5) is 11.5 Å². The van der Waals surface area contributed by atoms with Gasteiger partial charge in [0.2, 0.25) is 5.91 Å². The van der Waals surface area contributed by atoms with Crippen LogP contribution in [0, 0.1) is 0 Å². The second-order valence-corrected chi connectivity index (χ2v) is 7.56. The molecular formula is C24H35IN6O. The number of carbonyl (C=O) groups excluding carboxylic acids is 1. The van der Waals surface area contributed by atoms with E-state index < -0.39 is 0 Å². The third-order valence-electron chi connectivity index (χ3n) is 5.44. The summed E-state index contributed by atoms with van der Waals surface area (Å²) in [6, 6.07) is 12.3. The molecule has 0 saturated carbocycles. The fourth-order valence-electron chi connectivity index (χ4n) is 3.66. The average molecular weight is 550 g/mol. The van der Waals surface area contributed by atoms with Crippen molar-refractivity contribution in [1.29, 1.82) is 0 Å². The maximum Gasteiger partial charge on any atom is 0.227 e. The number of benzene rings is 1. The zero-order valence-electron chi connectivity index (χ0n) is 19.3. The zero-order chi connectivity index (χ0) is 22.1. The topological polar surface area (TPSA) is 72.9 Å². The fraction of sp³-hybridized carbons (Fsp3) is 0.458. The van der Waals surface area contributed by atoms with Crippen LogP contribution in [-0.2, 0) is 17.9 Å². The predicted octanol–water partition coefficient (Wildman–Crippen LogP) is 3.93. The van der Waals surface area contributed by atoms with Crippen LogP contribution in [0.2, 0.25) is 0 Å². The van der Waals surface area contributed by atoms with Crippen LogP contribution in [0.25, 0.3) is 0 Å². The molecule has 1 aliphatic heterocycles. The number of nitrogens with one attached hydrogen (secondary N) is 2. The number of pyridine rings is 1. The highest BCUT2D eigenvalue weighted by Gasteiger charge is 2.21. The van der Waals surface area contributed by atoms with Gasteiger partial charge in [0.25, 0.3) is 0 Å². The molecular weight excluding hydrogens is 515 g/mol. The Hall–Kier alpha value is -2.36. The summed E-state index contributed by atoms with van der Waals surface area (Å²) in [7, 11) is 0. The third kappa shape index (κ3) is 7.08. The molecule has 0 unspecified atom stereocenters. The number of amides is 1. The van der Waals surface area contributed by atoms with Crippen LogP contribution in [0.15, 0.2) is 47.6 Å². The smallest absolute Gasteiger partial charge is 0.227 e. The molecule has 1 amide bonds. The number of hydrogen-bond acceptors (Lipinski definition) is 4. The lowest BCUT2D eigenvalue weighted by molar-refractivity contribution is -0.117. The number of nitrogens with zero attached hydrogens (tertiary/aromatic N) is 4. The molecule has 2 N–H and O–H groups in total. The molecule has 0 radical (unpaired) electrons. The van der Waals surface area contributed by atoms with E-state index in [2.05, 4.69) is 65.6 Å². The summed E-state index contributed by atoms with van der Waals surface area (Å²) in [5, 5.41) is 6.67. The summed E-state index contributed by atoms with van der Waals surface area (Å²) in [6.07, 6.45) is 3.50. The van der Waals surface area contributed by atoms with Crippen molar-refractivity contribution in [3.05, 3.63) is 53.7 Å². The quantitative estimate of drug-likeness (QED) is 0.281. The summed E-state index contributed by atoms with van der Waals surface area (Å²) < 4.78 is 0. The van der Waals surface area contributed by atoms with E-state index in [4.69, 9.17) is 4.99 Å². The zero-order valence-corrected chi connectivity index (χ0v) is 21.6. The summed E-state index contributed by atoms with van der Waals surface area (Å²) in [6.45, 7) is 11.1. The molecule has 0 atom stereocenters. The second kappa shape index (κ2) is 13.2. The molecule has 32 heavy (non-hydrogen) atoms. The minimum Gasteiger partial charge on any atom is -0.357 e. The third-order valence-corrected chi connectivity index (χ3v) is 5.44. The van der Waals surface area contributed by atoms with E-state index in [1.165, 1.54) is 0 Å². The second-order valence-electron chi connectivity index (χ2n) is 7.56. The van der Waals surface area contributed by atoms with Gasteiger partial charge in [-0.15, -0.1) is 24.0 Å². The summed E-state index contributed by atoms with van der Waals surface area (Å²) >= 11 is 0. The molecule has 1 aromatic carbocycles. The molecule has 3 rings (SSSR count). The fourth-order valence-corrected chi connectivity index (χ4v) is 3.66. The number of halogens is 1. The number of anilines is 2. The average Bonchev–Trinajstić information content (AvgIpc) is 3.23. The molecule has 7 nitrogen and oxygen atoms in total. The van der Waals surface area contributed by atoms with Gasteiger partial charge < -0.3 is 20.4 Å². The first kappa shape index (κ1) is 25.9. The lowest BCUT2D eigenvalue weighted by Gasteiger charge is -2.19. The first-order valence-corrected chi connectivity index (χ1v) is 11.3. The first-order valence-electron chi connectivity index (χ1n) is 11.3. The molecule has 2 heterocycles. The Morgan fingerprint density at radius 1 is 1.06 bits per heavy atom. The monoisotopic (exact) mass is 550 g/mol. The number of aromatic nitrogens is 1. The Balaban J connectivity index is 0.00000363. The van der Waals surface area contributed by atoms with Gasteiger partial charge in [0.1, 0.15) is 5.82 Å². The standard InChI is InChI=1S/C24H34N6O.HI/c1-4-25-24(28-18-20-11-14-22(26-17-20)29(5-2)6-3)27-16-19-9-12-21(13-10-19)30-15-7-8-23(30)31;/h9-14,17H,4-8,15-16,18H2,1-3H3,(H2,25,27,28);1H. The van der Waals surface area contributed by atoms with Gasteiger partial charge >= 0.3 is 0 Å².